The smallest absolute Gasteiger partial charge is 0.326 e. The van der Waals surface area contributed by atoms with Gasteiger partial charge in [0.1, 0.15) is 11.7 Å². The number of hydrogen-bond acceptors (Lipinski definition) is 6. The van der Waals surface area contributed by atoms with Gasteiger partial charge in [0, 0.05) is 16.5 Å². The van der Waals surface area contributed by atoms with Gasteiger partial charge in [-0.25, -0.2) is 4.79 Å². The van der Waals surface area contributed by atoms with Gasteiger partial charge in [0.05, 0.1) is 21.3 Å². The Labute approximate surface area is 228 Å². The minimum absolute atomic E-state index is 0.0638. The number of hydrogen-bond donors (Lipinski definition) is 3. The van der Waals surface area contributed by atoms with E-state index in [4.69, 9.17) is 14.2 Å². The van der Waals surface area contributed by atoms with Crippen LogP contribution < -0.4 is 24.8 Å². The van der Waals surface area contributed by atoms with Gasteiger partial charge in [-0.2, -0.15) is 0 Å². The van der Waals surface area contributed by atoms with Crippen molar-refractivity contribution in [2.75, 3.05) is 21.3 Å². The van der Waals surface area contributed by atoms with Gasteiger partial charge < -0.3 is 30.0 Å². The number of methoxy groups -OCH3 is 3. The highest BCUT2D eigenvalue weighted by molar-refractivity contribution is 9.10. The lowest BCUT2D eigenvalue weighted by Crippen LogP contribution is -2.45. The fraction of sp³-hybridized carbons (Fsp3) is 0.179. The summed E-state index contributed by atoms with van der Waals surface area (Å²) in [6, 6.07) is 17.6. The quantitative estimate of drug-likeness (QED) is 0.291. The molecule has 0 spiro atoms. The van der Waals surface area contributed by atoms with E-state index in [1.54, 1.807) is 48.5 Å². The summed E-state index contributed by atoms with van der Waals surface area (Å²) in [6.45, 7) is 0. The molecule has 0 heterocycles. The van der Waals surface area contributed by atoms with E-state index >= 15 is 0 Å². The van der Waals surface area contributed by atoms with E-state index in [0.717, 1.165) is 10.0 Å². The summed E-state index contributed by atoms with van der Waals surface area (Å²) in [5.74, 6) is -1.79. The number of carbonyl (C=O) groups excluding carboxylic acids is 2. The van der Waals surface area contributed by atoms with Crippen LogP contribution in [0.25, 0.3) is 6.08 Å². The second-order valence-corrected chi connectivity index (χ2v) is 8.95. The number of rotatable bonds is 11. The van der Waals surface area contributed by atoms with Crippen molar-refractivity contribution in [1.82, 2.24) is 10.6 Å². The van der Waals surface area contributed by atoms with E-state index in [0.29, 0.717) is 11.3 Å². The second kappa shape index (κ2) is 13.3. The maximum atomic E-state index is 13.3. The molecule has 9 nitrogen and oxygen atoms in total. The number of halogens is 1. The molecule has 10 heteroatoms. The van der Waals surface area contributed by atoms with E-state index < -0.39 is 23.8 Å². The van der Waals surface area contributed by atoms with Crippen LogP contribution in [-0.2, 0) is 16.0 Å². The molecule has 0 aliphatic carbocycles. The Morgan fingerprint density at radius 3 is 2.05 bits per heavy atom. The molecule has 2 amide bonds. The molecule has 0 saturated carbocycles. The van der Waals surface area contributed by atoms with Crippen LogP contribution in [0.15, 0.2) is 76.9 Å². The van der Waals surface area contributed by atoms with Gasteiger partial charge in [0.2, 0.25) is 5.75 Å². The van der Waals surface area contributed by atoms with Crippen molar-refractivity contribution in [1.29, 1.82) is 0 Å². The number of carboxylic acids is 1. The van der Waals surface area contributed by atoms with Crippen LogP contribution >= 0.6 is 15.9 Å². The maximum absolute atomic E-state index is 13.3. The Hall–Kier alpha value is -4.31. The molecule has 1 atom stereocenters. The molecule has 0 fully saturated rings. The Morgan fingerprint density at radius 2 is 1.53 bits per heavy atom. The van der Waals surface area contributed by atoms with E-state index in [9.17, 15) is 19.5 Å². The number of nitrogens with one attached hydrogen (secondary N) is 2. The van der Waals surface area contributed by atoms with Gasteiger partial charge in [-0.15, -0.1) is 0 Å². The minimum Gasteiger partial charge on any atom is -0.493 e. The molecule has 198 valence electrons. The molecule has 0 aliphatic heterocycles. The van der Waals surface area contributed by atoms with Gasteiger partial charge in [0.15, 0.2) is 11.5 Å². The first-order valence-electron chi connectivity index (χ1n) is 11.4. The number of aliphatic carboxylic acids is 1. The molecule has 0 radical (unpaired) electrons. The van der Waals surface area contributed by atoms with E-state index in [2.05, 4.69) is 26.6 Å². The average molecular weight is 583 g/mol. The van der Waals surface area contributed by atoms with Gasteiger partial charge in [-0.3, -0.25) is 9.59 Å². The van der Waals surface area contributed by atoms with Crippen LogP contribution in [0.2, 0.25) is 0 Å². The van der Waals surface area contributed by atoms with E-state index in [-0.39, 0.29) is 29.2 Å². The van der Waals surface area contributed by atoms with Gasteiger partial charge in [0.25, 0.3) is 11.8 Å². The van der Waals surface area contributed by atoms with Crippen LogP contribution in [0.4, 0.5) is 0 Å². The molecule has 3 N–H and O–H groups in total. The van der Waals surface area contributed by atoms with Crippen molar-refractivity contribution in [3.63, 3.8) is 0 Å². The van der Waals surface area contributed by atoms with Crippen LogP contribution in [0, 0.1) is 0 Å². The molecule has 0 unspecified atom stereocenters. The first-order chi connectivity index (χ1) is 18.2. The SMILES string of the molecule is COc1cc(C(=O)N/C(=C/c2ccc(Br)cc2)C(=O)N[C@@H](Cc2ccccc2)C(=O)O)cc(OC)c1OC. The highest BCUT2D eigenvalue weighted by atomic mass is 79.9. The maximum Gasteiger partial charge on any atom is 0.326 e. The third kappa shape index (κ3) is 7.36. The Morgan fingerprint density at radius 1 is 0.921 bits per heavy atom. The number of amides is 2. The van der Waals surface area contributed by atoms with Crippen molar-refractivity contribution < 1.29 is 33.7 Å². The van der Waals surface area contributed by atoms with Crippen molar-refractivity contribution >= 4 is 39.8 Å². The molecule has 3 aromatic carbocycles. The van der Waals surface area contributed by atoms with Crippen LogP contribution in [0.3, 0.4) is 0 Å². The summed E-state index contributed by atoms with van der Waals surface area (Å²) in [7, 11) is 4.28. The Kier molecular flexibility index (Phi) is 9.89. The number of carbonyl (C=O) groups is 3. The summed E-state index contributed by atoms with van der Waals surface area (Å²) in [5.41, 5.74) is 1.33. The third-order valence-corrected chi connectivity index (χ3v) is 6.02. The summed E-state index contributed by atoms with van der Waals surface area (Å²) in [4.78, 5) is 38.5. The zero-order valence-corrected chi connectivity index (χ0v) is 22.6. The zero-order valence-electron chi connectivity index (χ0n) is 21.0. The number of ether oxygens (including phenoxy) is 3. The summed E-state index contributed by atoms with van der Waals surface area (Å²) in [6.07, 6.45) is 1.52. The van der Waals surface area contributed by atoms with Crippen molar-refractivity contribution in [2.24, 2.45) is 0 Å². The monoisotopic (exact) mass is 582 g/mol. The van der Waals surface area contributed by atoms with E-state index in [1.807, 2.05) is 6.07 Å². The molecule has 0 aromatic heterocycles. The molecule has 3 aromatic rings. The minimum atomic E-state index is -1.23. The standard InChI is InChI=1S/C28H27BrN2O7/c1-36-23-15-19(16-24(37-2)25(23)38-3)26(32)30-21(13-18-9-11-20(29)12-10-18)27(33)31-22(28(34)35)14-17-7-5-4-6-8-17/h4-13,15-16,22H,14H2,1-3H3,(H,30,32)(H,31,33)(H,34,35)/b21-13+/t22-/m0/s1. The summed E-state index contributed by atoms with van der Waals surface area (Å²) in [5, 5.41) is 14.9. The lowest BCUT2D eigenvalue weighted by molar-refractivity contribution is -0.141. The Bertz CT molecular complexity index is 1300. The van der Waals surface area contributed by atoms with Crippen LogP contribution in [0.1, 0.15) is 21.5 Å². The van der Waals surface area contributed by atoms with Gasteiger partial charge >= 0.3 is 5.97 Å². The molecular weight excluding hydrogens is 556 g/mol. The number of benzene rings is 3. The van der Waals surface area contributed by atoms with Crippen molar-refractivity contribution in [2.45, 2.75) is 12.5 Å². The van der Waals surface area contributed by atoms with E-state index in [1.165, 1.54) is 39.5 Å². The predicted octanol–water partition coefficient (Wildman–Crippen LogP) is 4.06. The topological polar surface area (TPSA) is 123 Å². The summed E-state index contributed by atoms with van der Waals surface area (Å²) < 4.78 is 16.8. The number of carboxylic acid groups (broad SMARTS) is 1. The fourth-order valence-electron chi connectivity index (χ4n) is 3.58. The molecule has 38 heavy (non-hydrogen) atoms. The first-order valence-corrected chi connectivity index (χ1v) is 12.2. The highest BCUT2D eigenvalue weighted by Crippen LogP contribution is 2.38. The third-order valence-electron chi connectivity index (χ3n) is 5.49. The summed E-state index contributed by atoms with van der Waals surface area (Å²) >= 11 is 3.36. The molecule has 0 aliphatic rings. The highest BCUT2D eigenvalue weighted by Gasteiger charge is 2.24. The van der Waals surface area contributed by atoms with Crippen LogP contribution in [0.5, 0.6) is 17.2 Å². The average Bonchev–Trinajstić information content (AvgIpc) is 2.92. The normalized spacial score (nSPS) is 11.7. The molecular formula is C28H27BrN2O7. The lowest BCUT2D eigenvalue weighted by atomic mass is 10.1. The predicted molar refractivity (Wildman–Crippen MR) is 145 cm³/mol. The van der Waals surface area contributed by atoms with Crippen LogP contribution in [-0.4, -0.2) is 50.3 Å². The van der Waals surface area contributed by atoms with Crippen molar-refractivity contribution in [3.05, 3.63) is 93.6 Å². The lowest BCUT2D eigenvalue weighted by Gasteiger charge is -2.18. The van der Waals surface area contributed by atoms with Gasteiger partial charge in [-0.05, 0) is 41.5 Å². The van der Waals surface area contributed by atoms with Crippen molar-refractivity contribution in [3.8, 4) is 17.2 Å². The second-order valence-electron chi connectivity index (χ2n) is 8.03. The largest absolute Gasteiger partial charge is 0.493 e. The fourth-order valence-corrected chi connectivity index (χ4v) is 3.84. The Balaban J connectivity index is 1.93. The molecule has 0 bridgehead atoms. The molecule has 3 rings (SSSR count). The first kappa shape index (κ1) is 28.3. The zero-order chi connectivity index (χ0) is 27.7. The molecule has 0 saturated heterocycles. The van der Waals surface area contributed by atoms with Gasteiger partial charge in [-0.1, -0.05) is 58.4 Å².